The summed E-state index contributed by atoms with van der Waals surface area (Å²) in [6, 6.07) is 19.8. The van der Waals surface area contributed by atoms with Gasteiger partial charge in [0.2, 0.25) is 0 Å². The quantitative estimate of drug-likeness (QED) is 0.566. The van der Waals surface area contributed by atoms with Crippen molar-refractivity contribution >= 4 is 29.1 Å². The number of nitrogens with zero attached hydrogens (tertiary/aromatic N) is 2. The number of aliphatic hydroxyl groups is 1. The zero-order chi connectivity index (χ0) is 19.3. The lowest BCUT2D eigenvalue weighted by Crippen LogP contribution is -2.30. The van der Waals surface area contributed by atoms with E-state index in [2.05, 4.69) is 27.3 Å². The molecule has 0 spiro atoms. The first-order valence-electron chi connectivity index (χ1n) is 9.18. The van der Waals surface area contributed by atoms with Gasteiger partial charge in [0.1, 0.15) is 11.8 Å². The van der Waals surface area contributed by atoms with Crippen LogP contribution in [0.3, 0.4) is 0 Å². The van der Waals surface area contributed by atoms with E-state index in [1.807, 2.05) is 48.5 Å². The molecule has 0 saturated carbocycles. The van der Waals surface area contributed by atoms with Crippen LogP contribution in [-0.2, 0) is 0 Å². The van der Waals surface area contributed by atoms with Crippen LogP contribution in [0.2, 0.25) is 0 Å². The minimum absolute atomic E-state index is 0.104. The van der Waals surface area contributed by atoms with Crippen LogP contribution in [0.15, 0.2) is 81.3 Å². The first-order valence-corrected chi connectivity index (χ1v) is 10.4. The predicted octanol–water partition coefficient (Wildman–Crippen LogP) is 4.18. The number of aromatic nitrogens is 1. The molecule has 0 aliphatic carbocycles. The summed E-state index contributed by atoms with van der Waals surface area (Å²) < 4.78 is 6.21. The van der Waals surface area contributed by atoms with Crippen molar-refractivity contribution in [3.8, 4) is 0 Å². The molecule has 4 rings (SSSR count). The maximum absolute atomic E-state index is 9.29. The molecule has 0 unspecified atom stereocenters. The third-order valence-electron chi connectivity index (χ3n) is 4.61. The second kappa shape index (κ2) is 8.77. The van der Waals surface area contributed by atoms with Crippen molar-refractivity contribution in [3.63, 3.8) is 0 Å². The van der Waals surface area contributed by atoms with Gasteiger partial charge in [-0.1, -0.05) is 36.0 Å². The number of hydrogen-bond donors (Lipinski definition) is 2. The summed E-state index contributed by atoms with van der Waals surface area (Å²) in [6.45, 7) is 0.769. The van der Waals surface area contributed by atoms with Gasteiger partial charge in [-0.25, -0.2) is 0 Å². The van der Waals surface area contributed by atoms with Crippen LogP contribution in [0.4, 0.5) is 0 Å². The number of aliphatic hydroxyl groups excluding tert-OH is 1. The van der Waals surface area contributed by atoms with Crippen molar-refractivity contribution in [3.05, 3.63) is 78.3 Å². The van der Waals surface area contributed by atoms with Crippen LogP contribution in [-0.4, -0.2) is 33.3 Å². The van der Waals surface area contributed by atoms with Crippen LogP contribution < -0.4 is 5.32 Å². The van der Waals surface area contributed by atoms with Crippen LogP contribution in [0.5, 0.6) is 0 Å². The Morgan fingerprint density at radius 3 is 2.68 bits per heavy atom. The zero-order valence-corrected chi connectivity index (χ0v) is 16.8. The maximum Gasteiger partial charge on any atom is 0.170 e. The van der Waals surface area contributed by atoms with E-state index in [4.69, 9.17) is 16.6 Å². The van der Waals surface area contributed by atoms with Crippen molar-refractivity contribution in [1.29, 1.82) is 0 Å². The predicted molar refractivity (Wildman–Crippen MR) is 113 cm³/mol. The average molecular weight is 412 g/mol. The topological polar surface area (TPSA) is 61.5 Å². The van der Waals surface area contributed by atoms with E-state index >= 15 is 0 Å². The summed E-state index contributed by atoms with van der Waals surface area (Å²) in [6.07, 6.45) is 2.42. The SMILES string of the molecule is OCCCN1C(=S)N[C@H](c2ccccn2)[C@@H]1c1ccc(Sc2ccccc2)o1. The molecule has 28 heavy (non-hydrogen) atoms. The highest BCUT2D eigenvalue weighted by atomic mass is 32.2. The molecule has 1 aromatic carbocycles. The smallest absolute Gasteiger partial charge is 0.170 e. The van der Waals surface area contributed by atoms with Crippen molar-refractivity contribution in [2.45, 2.75) is 28.5 Å². The van der Waals surface area contributed by atoms with E-state index in [1.165, 1.54) is 0 Å². The van der Waals surface area contributed by atoms with Crippen molar-refractivity contribution in [1.82, 2.24) is 15.2 Å². The highest BCUT2D eigenvalue weighted by Crippen LogP contribution is 2.41. The molecule has 0 amide bonds. The lowest BCUT2D eigenvalue weighted by atomic mass is 10.0. The van der Waals surface area contributed by atoms with Crippen molar-refractivity contribution < 1.29 is 9.52 Å². The standard InChI is InChI=1S/C21H21N3O2S2/c25-14-6-13-24-20(19(23-21(24)27)16-9-4-5-12-22-16)17-10-11-18(26-17)28-15-7-2-1-3-8-15/h1-5,7-12,19-20,25H,6,13-14H2,(H,23,27)/t19-,20+/m1/s1. The lowest BCUT2D eigenvalue weighted by molar-refractivity contribution is 0.226. The van der Waals surface area contributed by atoms with E-state index in [0.717, 1.165) is 21.4 Å². The first kappa shape index (κ1) is 19.0. The van der Waals surface area contributed by atoms with Gasteiger partial charge < -0.3 is 19.7 Å². The Morgan fingerprint density at radius 1 is 1.11 bits per heavy atom. The third-order valence-corrected chi connectivity index (χ3v) is 5.89. The van der Waals surface area contributed by atoms with E-state index in [1.54, 1.807) is 18.0 Å². The van der Waals surface area contributed by atoms with Gasteiger partial charge in [-0.05, 0) is 55.0 Å². The van der Waals surface area contributed by atoms with E-state index in [0.29, 0.717) is 18.1 Å². The number of furan rings is 1. The first-order chi connectivity index (χ1) is 13.8. The molecule has 0 radical (unpaired) electrons. The van der Waals surface area contributed by atoms with Crippen LogP contribution in [0, 0.1) is 0 Å². The molecule has 144 valence electrons. The summed E-state index contributed by atoms with van der Waals surface area (Å²) in [5.74, 6) is 0.833. The molecule has 1 aliphatic heterocycles. The minimum atomic E-state index is -0.112. The molecule has 1 fully saturated rings. The van der Waals surface area contributed by atoms with Gasteiger partial charge in [-0.15, -0.1) is 0 Å². The molecule has 3 heterocycles. The van der Waals surface area contributed by atoms with Crippen LogP contribution in [0.1, 0.15) is 30.0 Å². The number of thiocarbonyl (C=S) groups is 1. The van der Waals surface area contributed by atoms with Gasteiger partial charge in [0.25, 0.3) is 0 Å². The summed E-state index contributed by atoms with van der Waals surface area (Å²) in [5.41, 5.74) is 0.912. The van der Waals surface area contributed by atoms with Crippen molar-refractivity contribution in [2.75, 3.05) is 13.2 Å². The minimum Gasteiger partial charge on any atom is -0.452 e. The molecule has 2 N–H and O–H groups in total. The molecule has 3 aromatic rings. The Hall–Kier alpha value is -2.35. The number of benzene rings is 1. The average Bonchev–Trinajstić information content (AvgIpc) is 3.31. The molecule has 2 aromatic heterocycles. The Kier molecular flexibility index (Phi) is 5.95. The Labute approximate surface area is 173 Å². The molecular weight excluding hydrogens is 390 g/mol. The monoisotopic (exact) mass is 411 g/mol. The van der Waals surface area contributed by atoms with E-state index in [9.17, 15) is 5.11 Å². The highest BCUT2D eigenvalue weighted by Gasteiger charge is 2.41. The number of pyridine rings is 1. The second-order valence-electron chi connectivity index (χ2n) is 6.47. The number of nitrogens with one attached hydrogen (secondary N) is 1. The number of rotatable bonds is 7. The van der Waals surface area contributed by atoms with Gasteiger partial charge in [-0.3, -0.25) is 4.98 Å². The second-order valence-corrected chi connectivity index (χ2v) is 7.93. The summed E-state index contributed by atoms with van der Waals surface area (Å²) >= 11 is 7.17. The van der Waals surface area contributed by atoms with Crippen LogP contribution >= 0.6 is 24.0 Å². The largest absolute Gasteiger partial charge is 0.452 e. The molecule has 0 bridgehead atoms. The van der Waals surface area contributed by atoms with Crippen molar-refractivity contribution in [2.24, 2.45) is 0 Å². The van der Waals surface area contributed by atoms with Gasteiger partial charge >= 0.3 is 0 Å². The molecule has 5 nitrogen and oxygen atoms in total. The third kappa shape index (κ3) is 4.06. The van der Waals surface area contributed by atoms with Gasteiger partial charge in [0.15, 0.2) is 10.2 Å². The molecular formula is C21H21N3O2S2. The normalized spacial score (nSPS) is 19.0. The van der Waals surface area contributed by atoms with Crippen LogP contribution in [0.25, 0.3) is 0 Å². The number of hydrogen-bond acceptors (Lipinski definition) is 5. The summed E-state index contributed by atoms with van der Waals surface area (Å²) in [7, 11) is 0. The molecule has 2 atom stereocenters. The Balaban J connectivity index is 1.63. The fraction of sp³-hybridized carbons (Fsp3) is 0.238. The summed E-state index contributed by atoms with van der Waals surface area (Å²) in [4.78, 5) is 7.73. The van der Waals surface area contributed by atoms with Gasteiger partial charge in [0.05, 0.1) is 11.7 Å². The van der Waals surface area contributed by atoms with Gasteiger partial charge in [-0.2, -0.15) is 0 Å². The Morgan fingerprint density at radius 2 is 1.93 bits per heavy atom. The van der Waals surface area contributed by atoms with E-state index in [-0.39, 0.29) is 18.7 Å². The molecule has 1 aliphatic rings. The zero-order valence-electron chi connectivity index (χ0n) is 15.2. The highest BCUT2D eigenvalue weighted by molar-refractivity contribution is 7.99. The van der Waals surface area contributed by atoms with Gasteiger partial charge in [0, 0.05) is 24.2 Å². The molecule has 1 saturated heterocycles. The fourth-order valence-corrected chi connectivity index (χ4v) is 4.48. The van der Waals surface area contributed by atoms with E-state index < -0.39 is 0 Å². The maximum atomic E-state index is 9.29. The molecule has 7 heteroatoms. The Bertz CT molecular complexity index is 918. The fourth-order valence-electron chi connectivity index (χ4n) is 3.35. The lowest BCUT2D eigenvalue weighted by Gasteiger charge is -2.25. The summed E-state index contributed by atoms with van der Waals surface area (Å²) in [5, 5.41) is 14.2.